The third-order valence-corrected chi connectivity index (χ3v) is 6.50. The molecule has 1 N–H and O–H groups in total. The fraction of sp³-hybridized carbons (Fsp3) is 0.478. The first-order chi connectivity index (χ1) is 15.3. The molecule has 2 aromatic heterocycles. The minimum Gasteiger partial charge on any atom is -0.382 e. The molecular weight excluding hydrogens is 444 g/mol. The summed E-state index contributed by atoms with van der Waals surface area (Å²) >= 11 is 6.67. The highest BCUT2D eigenvalue weighted by Gasteiger charge is 2.32. The summed E-state index contributed by atoms with van der Waals surface area (Å²) in [4.78, 5) is 33.1. The van der Waals surface area contributed by atoms with E-state index in [1.54, 1.807) is 17.2 Å². The lowest BCUT2D eigenvalue weighted by molar-refractivity contribution is -0.122. The number of fused-ring (bicyclic) bond motifs is 1. The maximum atomic E-state index is 13.4. The van der Waals surface area contributed by atoms with Gasteiger partial charge in [-0.15, -0.1) is 0 Å². The molecule has 0 aliphatic carbocycles. The van der Waals surface area contributed by atoms with Crippen LogP contribution >= 0.6 is 24.0 Å². The molecule has 3 rings (SSSR count). The topological polar surface area (TPSA) is 75.9 Å². The lowest BCUT2D eigenvalue weighted by Crippen LogP contribution is -2.29. The monoisotopic (exact) mass is 474 g/mol. The van der Waals surface area contributed by atoms with E-state index in [1.165, 1.54) is 16.2 Å². The highest BCUT2D eigenvalue weighted by molar-refractivity contribution is 8.26. The minimum atomic E-state index is -0.224. The molecule has 172 valence electrons. The van der Waals surface area contributed by atoms with Gasteiger partial charge in [0.2, 0.25) is 0 Å². The van der Waals surface area contributed by atoms with Crippen molar-refractivity contribution in [3.63, 3.8) is 0 Å². The second-order valence-electron chi connectivity index (χ2n) is 8.06. The molecule has 0 atom stereocenters. The Bertz CT molecular complexity index is 1090. The van der Waals surface area contributed by atoms with Crippen molar-refractivity contribution in [2.45, 2.75) is 40.5 Å². The van der Waals surface area contributed by atoms with Gasteiger partial charge in [-0.05, 0) is 50.3 Å². The third kappa shape index (κ3) is 5.57. The molecule has 0 unspecified atom stereocenters. The van der Waals surface area contributed by atoms with Gasteiger partial charge >= 0.3 is 0 Å². The van der Waals surface area contributed by atoms with Gasteiger partial charge in [-0.1, -0.05) is 43.9 Å². The van der Waals surface area contributed by atoms with E-state index in [4.69, 9.17) is 21.9 Å². The number of amides is 1. The minimum absolute atomic E-state index is 0.156. The molecular formula is C23H30N4O3S2. The van der Waals surface area contributed by atoms with Crippen molar-refractivity contribution in [3.05, 3.63) is 44.7 Å². The number of carbonyl (C=O) groups excluding carboxylic acids is 1. The van der Waals surface area contributed by atoms with Gasteiger partial charge in [0.05, 0.1) is 10.5 Å². The summed E-state index contributed by atoms with van der Waals surface area (Å²) in [6, 6.07) is 3.73. The SMILES string of the molecule is CCOCCCNc1nc2c(C)cccn2c(=O)c1C=C1SC(=S)N(CCC(C)C)C1=O. The Morgan fingerprint density at radius 1 is 1.34 bits per heavy atom. The van der Waals surface area contributed by atoms with Gasteiger partial charge in [-0.3, -0.25) is 18.9 Å². The second-order valence-corrected chi connectivity index (χ2v) is 9.73. The van der Waals surface area contributed by atoms with Crippen LogP contribution in [0.25, 0.3) is 11.7 Å². The predicted molar refractivity (Wildman–Crippen MR) is 135 cm³/mol. The molecule has 32 heavy (non-hydrogen) atoms. The van der Waals surface area contributed by atoms with Crippen LogP contribution in [-0.2, 0) is 9.53 Å². The van der Waals surface area contributed by atoms with Gasteiger partial charge in [0.25, 0.3) is 11.5 Å². The zero-order chi connectivity index (χ0) is 23.3. The van der Waals surface area contributed by atoms with E-state index in [0.29, 0.717) is 58.5 Å². The van der Waals surface area contributed by atoms with E-state index in [-0.39, 0.29) is 11.5 Å². The number of rotatable bonds is 10. The maximum Gasteiger partial charge on any atom is 0.267 e. The molecule has 0 radical (unpaired) electrons. The zero-order valence-electron chi connectivity index (χ0n) is 19.0. The van der Waals surface area contributed by atoms with Crippen molar-refractivity contribution in [3.8, 4) is 0 Å². The van der Waals surface area contributed by atoms with Crippen molar-refractivity contribution >= 4 is 51.7 Å². The summed E-state index contributed by atoms with van der Waals surface area (Å²) < 4.78 is 7.44. The number of nitrogens with one attached hydrogen (secondary N) is 1. The maximum absolute atomic E-state index is 13.4. The second kappa shape index (κ2) is 11.1. The van der Waals surface area contributed by atoms with Crippen molar-refractivity contribution in [2.24, 2.45) is 5.92 Å². The lowest BCUT2D eigenvalue weighted by Gasteiger charge is -2.15. The molecule has 1 saturated heterocycles. The molecule has 1 amide bonds. The molecule has 3 heterocycles. The number of carbonyl (C=O) groups is 1. The number of ether oxygens (including phenoxy) is 1. The van der Waals surface area contributed by atoms with Gasteiger partial charge in [-0.25, -0.2) is 4.98 Å². The van der Waals surface area contributed by atoms with Crippen LogP contribution in [0.2, 0.25) is 0 Å². The molecule has 9 heteroatoms. The highest BCUT2D eigenvalue weighted by atomic mass is 32.2. The van der Waals surface area contributed by atoms with Crippen LogP contribution in [0.5, 0.6) is 0 Å². The quantitative estimate of drug-likeness (QED) is 0.316. The summed E-state index contributed by atoms with van der Waals surface area (Å²) in [7, 11) is 0. The number of hydrogen-bond donors (Lipinski definition) is 1. The van der Waals surface area contributed by atoms with E-state index in [2.05, 4.69) is 19.2 Å². The molecule has 0 aromatic carbocycles. The van der Waals surface area contributed by atoms with E-state index < -0.39 is 0 Å². The number of pyridine rings is 1. The third-order valence-electron chi connectivity index (χ3n) is 5.13. The first-order valence-electron chi connectivity index (χ1n) is 10.9. The Balaban J connectivity index is 1.97. The summed E-state index contributed by atoms with van der Waals surface area (Å²) in [5.74, 6) is 0.777. The predicted octanol–water partition coefficient (Wildman–Crippen LogP) is 4.09. The first kappa shape index (κ1) is 24.4. The van der Waals surface area contributed by atoms with Gasteiger partial charge < -0.3 is 10.1 Å². The standard InChI is InChI=1S/C23H30N4O3S2/c1-5-30-13-7-10-24-19-17(21(28)26-11-6-8-16(4)20(26)25-19)14-18-22(29)27(23(31)32-18)12-9-15(2)3/h6,8,11,14-15,24H,5,7,9-10,12-13H2,1-4H3. The largest absolute Gasteiger partial charge is 0.382 e. The van der Waals surface area contributed by atoms with Crippen molar-refractivity contribution in [1.82, 2.24) is 14.3 Å². The fourth-order valence-corrected chi connectivity index (χ4v) is 4.60. The summed E-state index contributed by atoms with van der Waals surface area (Å²) in [6.07, 6.45) is 4.97. The Labute approximate surface area is 198 Å². The van der Waals surface area contributed by atoms with Gasteiger partial charge in [0.15, 0.2) is 0 Å². The van der Waals surface area contributed by atoms with Crippen LogP contribution in [0.3, 0.4) is 0 Å². The molecule has 7 nitrogen and oxygen atoms in total. The normalized spacial score (nSPS) is 15.5. The fourth-order valence-electron chi connectivity index (χ4n) is 3.31. The van der Waals surface area contributed by atoms with E-state index >= 15 is 0 Å². The lowest BCUT2D eigenvalue weighted by atomic mass is 10.1. The first-order valence-corrected chi connectivity index (χ1v) is 12.1. The Morgan fingerprint density at radius 3 is 2.84 bits per heavy atom. The van der Waals surface area contributed by atoms with Gasteiger partial charge in [0.1, 0.15) is 15.8 Å². The molecule has 0 spiro atoms. The smallest absolute Gasteiger partial charge is 0.267 e. The average Bonchev–Trinajstić information content (AvgIpc) is 3.02. The van der Waals surface area contributed by atoms with Crippen LogP contribution in [-0.4, -0.2) is 50.8 Å². The number of thiocarbonyl (C=S) groups is 1. The average molecular weight is 475 g/mol. The number of anilines is 1. The number of hydrogen-bond acceptors (Lipinski definition) is 7. The van der Waals surface area contributed by atoms with Crippen LogP contribution in [0.15, 0.2) is 28.0 Å². The zero-order valence-corrected chi connectivity index (χ0v) is 20.6. The van der Waals surface area contributed by atoms with Crippen LogP contribution in [0.4, 0.5) is 5.82 Å². The van der Waals surface area contributed by atoms with E-state index in [9.17, 15) is 9.59 Å². The molecule has 0 bridgehead atoms. The van der Waals surface area contributed by atoms with E-state index in [1.807, 2.05) is 26.0 Å². The summed E-state index contributed by atoms with van der Waals surface area (Å²) in [6.45, 7) is 10.6. The molecule has 1 fully saturated rings. The van der Waals surface area contributed by atoms with Crippen LogP contribution in [0.1, 0.15) is 44.7 Å². The summed E-state index contributed by atoms with van der Waals surface area (Å²) in [5.41, 5.74) is 1.62. The summed E-state index contributed by atoms with van der Waals surface area (Å²) in [5, 5.41) is 3.27. The number of thioether (sulfide) groups is 1. The Hall–Kier alpha value is -2.23. The van der Waals surface area contributed by atoms with Gasteiger partial charge in [0, 0.05) is 32.5 Å². The number of aromatic nitrogens is 2. The Morgan fingerprint density at radius 2 is 2.12 bits per heavy atom. The van der Waals surface area contributed by atoms with Crippen LogP contribution < -0.4 is 10.9 Å². The molecule has 0 saturated carbocycles. The highest BCUT2D eigenvalue weighted by Crippen LogP contribution is 2.33. The van der Waals surface area contributed by atoms with Crippen molar-refractivity contribution in [1.29, 1.82) is 0 Å². The Kier molecular flexibility index (Phi) is 8.44. The number of aryl methyl sites for hydroxylation is 1. The van der Waals surface area contributed by atoms with Crippen molar-refractivity contribution < 1.29 is 9.53 Å². The molecule has 1 aliphatic rings. The van der Waals surface area contributed by atoms with Crippen LogP contribution in [0, 0.1) is 12.8 Å². The van der Waals surface area contributed by atoms with E-state index in [0.717, 1.165) is 18.4 Å². The molecule has 1 aliphatic heterocycles. The van der Waals surface area contributed by atoms with Crippen molar-refractivity contribution in [2.75, 3.05) is 31.6 Å². The number of nitrogens with zero attached hydrogens (tertiary/aromatic N) is 3. The molecule has 2 aromatic rings. The van der Waals surface area contributed by atoms with Gasteiger partial charge in [-0.2, -0.15) is 0 Å².